The summed E-state index contributed by atoms with van der Waals surface area (Å²) in [6, 6.07) is 8.36. The molecule has 1 aliphatic heterocycles. The van der Waals surface area contributed by atoms with Crippen LogP contribution in [0.5, 0.6) is 5.75 Å². The lowest BCUT2D eigenvalue weighted by Crippen LogP contribution is -2.30. The summed E-state index contributed by atoms with van der Waals surface area (Å²) in [6.07, 6.45) is 4.75. The molecule has 180 valence electrons. The molecular formula is C22H34N8O3. The van der Waals surface area contributed by atoms with E-state index >= 15 is 0 Å². The zero-order chi connectivity index (χ0) is 23.5. The van der Waals surface area contributed by atoms with Gasteiger partial charge < -0.3 is 15.4 Å². The molecule has 11 nitrogen and oxygen atoms in total. The van der Waals surface area contributed by atoms with Crippen LogP contribution in [0.15, 0.2) is 29.3 Å². The highest BCUT2D eigenvalue weighted by atomic mass is 16.6. The zero-order valence-corrected chi connectivity index (χ0v) is 19.5. The molecule has 1 aromatic heterocycles. The van der Waals surface area contributed by atoms with Crippen molar-refractivity contribution in [3.05, 3.63) is 45.8 Å². The van der Waals surface area contributed by atoms with Gasteiger partial charge in [-0.25, -0.2) is 4.68 Å². The maximum absolute atomic E-state index is 10.6. The van der Waals surface area contributed by atoms with Crippen molar-refractivity contribution in [1.82, 2.24) is 25.0 Å². The van der Waals surface area contributed by atoms with Gasteiger partial charge in [-0.2, -0.15) is 10.1 Å². The third-order valence-corrected chi connectivity index (χ3v) is 5.43. The average Bonchev–Trinajstić information content (AvgIpc) is 3.16. The molecule has 1 fully saturated rings. The van der Waals surface area contributed by atoms with Crippen LogP contribution in [0.3, 0.4) is 0 Å². The van der Waals surface area contributed by atoms with Gasteiger partial charge >= 0.3 is 0 Å². The molecule has 11 heteroatoms. The number of likely N-dealkylation sites (tertiary alicyclic amines) is 1. The molecule has 2 N–H and O–H groups in total. The summed E-state index contributed by atoms with van der Waals surface area (Å²) in [6.45, 7) is 4.56. The highest BCUT2D eigenvalue weighted by Gasteiger charge is 2.12. The van der Waals surface area contributed by atoms with E-state index in [1.807, 2.05) is 6.07 Å². The van der Waals surface area contributed by atoms with Crippen LogP contribution in [0.2, 0.25) is 0 Å². The third kappa shape index (κ3) is 8.33. The first-order valence-electron chi connectivity index (χ1n) is 11.4. The molecule has 1 aromatic carbocycles. The van der Waals surface area contributed by atoms with Crippen molar-refractivity contribution in [2.75, 3.05) is 45.2 Å². The number of rotatable bonds is 12. The minimum atomic E-state index is -0.429. The van der Waals surface area contributed by atoms with Crippen LogP contribution < -0.4 is 15.4 Å². The fourth-order valence-corrected chi connectivity index (χ4v) is 3.75. The molecule has 0 unspecified atom stereocenters. The van der Waals surface area contributed by atoms with Crippen molar-refractivity contribution in [3.63, 3.8) is 0 Å². The molecular weight excluding hydrogens is 424 g/mol. The first-order valence-corrected chi connectivity index (χ1v) is 11.4. The number of hydrogen-bond donors (Lipinski definition) is 2. The summed E-state index contributed by atoms with van der Waals surface area (Å²) in [5.74, 6) is 2.37. The SMILES string of the molecule is CN=C(C[N+](=O)[O-])NCc1nc(NCCCOc2cccc(CN3CCCCC3)c2)n(C)n1. The minimum absolute atomic E-state index is 0.271. The molecule has 0 spiro atoms. The molecule has 2 heterocycles. The normalized spacial score (nSPS) is 14.8. The number of benzene rings is 1. The summed E-state index contributed by atoms with van der Waals surface area (Å²) in [5, 5.41) is 21.1. The predicted molar refractivity (Wildman–Crippen MR) is 127 cm³/mol. The summed E-state index contributed by atoms with van der Waals surface area (Å²) >= 11 is 0. The third-order valence-electron chi connectivity index (χ3n) is 5.43. The Hall–Kier alpha value is -3.21. The van der Waals surface area contributed by atoms with Crippen LogP contribution in [0.25, 0.3) is 0 Å². The number of aliphatic imine (C=N–C) groups is 1. The van der Waals surface area contributed by atoms with Crippen LogP contribution in [-0.4, -0.2) is 70.3 Å². The van der Waals surface area contributed by atoms with Crippen molar-refractivity contribution >= 4 is 11.8 Å². The molecule has 1 aliphatic rings. The summed E-state index contributed by atoms with van der Waals surface area (Å²) < 4.78 is 7.59. The van der Waals surface area contributed by atoms with Crippen molar-refractivity contribution < 1.29 is 9.66 Å². The topological polar surface area (TPSA) is 123 Å². The Morgan fingerprint density at radius 2 is 2.12 bits per heavy atom. The van der Waals surface area contributed by atoms with E-state index in [-0.39, 0.29) is 13.1 Å². The van der Waals surface area contributed by atoms with Crippen molar-refractivity contribution in [2.24, 2.45) is 12.0 Å². The number of nitro groups is 1. The van der Waals surface area contributed by atoms with Gasteiger partial charge in [-0.05, 0) is 50.0 Å². The fraction of sp³-hybridized carbons (Fsp3) is 0.591. The summed E-state index contributed by atoms with van der Waals surface area (Å²) in [7, 11) is 3.31. The first kappa shape index (κ1) is 24.4. The van der Waals surface area contributed by atoms with Gasteiger partial charge in [-0.15, -0.1) is 0 Å². The van der Waals surface area contributed by atoms with Crippen LogP contribution in [0.4, 0.5) is 5.95 Å². The van der Waals surface area contributed by atoms with Crippen molar-refractivity contribution in [2.45, 2.75) is 38.8 Å². The first-order chi connectivity index (χ1) is 16.0. The molecule has 0 aliphatic carbocycles. The minimum Gasteiger partial charge on any atom is -0.494 e. The van der Waals surface area contributed by atoms with Crippen LogP contribution >= 0.6 is 0 Å². The Labute approximate surface area is 194 Å². The van der Waals surface area contributed by atoms with E-state index in [9.17, 15) is 10.1 Å². The molecule has 1 saturated heterocycles. The van der Waals surface area contributed by atoms with E-state index in [2.05, 4.69) is 48.8 Å². The van der Waals surface area contributed by atoms with E-state index in [1.165, 1.54) is 45.0 Å². The van der Waals surface area contributed by atoms with Gasteiger partial charge in [0, 0.05) is 32.1 Å². The second-order valence-electron chi connectivity index (χ2n) is 8.10. The number of hydrogen-bond acceptors (Lipinski definition) is 8. The van der Waals surface area contributed by atoms with E-state index in [0.717, 1.165) is 18.7 Å². The van der Waals surface area contributed by atoms with Gasteiger partial charge in [0.05, 0.1) is 13.2 Å². The second-order valence-corrected chi connectivity index (χ2v) is 8.10. The zero-order valence-electron chi connectivity index (χ0n) is 19.5. The number of nitrogens with one attached hydrogen (secondary N) is 2. The Kier molecular flexibility index (Phi) is 9.43. The van der Waals surface area contributed by atoms with Gasteiger partial charge in [-0.3, -0.25) is 20.0 Å². The number of aromatic nitrogens is 3. The molecule has 0 amide bonds. The number of aryl methyl sites for hydroxylation is 1. The Balaban J connectivity index is 1.37. The maximum Gasteiger partial charge on any atom is 0.259 e. The van der Waals surface area contributed by atoms with Gasteiger partial charge in [0.2, 0.25) is 5.95 Å². The lowest BCUT2D eigenvalue weighted by molar-refractivity contribution is -0.463. The monoisotopic (exact) mass is 458 g/mol. The molecule has 0 saturated carbocycles. The Morgan fingerprint density at radius 1 is 1.30 bits per heavy atom. The summed E-state index contributed by atoms with van der Waals surface area (Å²) in [4.78, 5) is 21.0. The van der Waals surface area contributed by atoms with E-state index in [4.69, 9.17) is 4.74 Å². The standard InChI is InChI=1S/C22H34N8O3/c1-23-21(17-30(31)32)25-15-20-26-22(28(2)27-20)24-10-7-13-33-19-9-6-8-18(14-19)16-29-11-4-3-5-12-29/h6,8-9,14H,3-5,7,10-13,15-17H2,1-2H3,(H,23,25)(H,24,26,27). The second kappa shape index (κ2) is 12.7. The van der Waals surface area contributed by atoms with Crippen LogP contribution in [0.1, 0.15) is 37.1 Å². The van der Waals surface area contributed by atoms with Crippen molar-refractivity contribution in [3.8, 4) is 5.75 Å². The predicted octanol–water partition coefficient (Wildman–Crippen LogP) is 2.08. The van der Waals surface area contributed by atoms with Crippen LogP contribution in [0, 0.1) is 10.1 Å². The number of nitrogens with zero attached hydrogens (tertiary/aromatic N) is 6. The average molecular weight is 459 g/mol. The maximum atomic E-state index is 10.6. The number of ether oxygens (including phenoxy) is 1. The molecule has 3 rings (SSSR count). The smallest absolute Gasteiger partial charge is 0.259 e. The largest absolute Gasteiger partial charge is 0.494 e. The number of piperidine rings is 1. The highest BCUT2D eigenvalue weighted by molar-refractivity contribution is 5.82. The Bertz CT molecular complexity index is 924. The lowest BCUT2D eigenvalue weighted by Gasteiger charge is -2.26. The molecule has 2 aromatic rings. The molecule has 33 heavy (non-hydrogen) atoms. The number of amidine groups is 1. The van der Waals surface area contributed by atoms with Gasteiger partial charge in [0.15, 0.2) is 11.7 Å². The summed E-state index contributed by atoms with van der Waals surface area (Å²) in [5.41, 5.74) is 1.29. The lowest BCUT2D eigenvalue weighted by atomic mass is 10.1. The van der Waals surface area contributed by atoms with E-state index in [1.54, 1.807) is 11.7 Å². The molecule has 0 atom stereocenters. The van der Waals surface area contributed by atoms with Crippen LogP contribution in [-0.2, 0) is 20.1 Å². The number of anilines is 1. The van der Waals surface area contributed by atoms with Gasteiger partial charge in [-0.1, -0.05) is 18.6 Å². The fourth-order valence-electron chi connectivity index (χ4n) is 3.75. The van der Waals surface area contributed by atoms with Gasteiger partial charge in [0.25, 0.3) is 6.54 Å². The van der Waals surface area contributed by atoms with Crippen molar-refractivity contribution in [1.29, 1.82) is 0 Å². The van der Waals surface area contributed by atoms with E-state index in [0.29, 0.717) is 30.8 Å². The molecule has 0 bridgehead atoms. The highest BCUT2D eigenvalue weighted by Crippen LogP contribution is 2.17. The molecule has 0 radical (unpaired) electrons. The Morgan fingerprint density at radius 3 is 2.88 bits per heavy atom. The quantitative estimate of drug-likeness (QED) is 0.163. The van der Waals surface area contributed by atoms with Gasteiger partial charge in [0.1, 0.15) is 5.75 Å². The van der Waals surface area contributed by atoms with E-state index < -0.39 is 4.92 Å².